The summed E-state index contributed by atoms with van der Waals surface area (Å²) >= 11 is 0. The molecule has 0 rings (SSSR count). The molecule has 0 fully saturated rings. The van der Waals surface area contributed by atoms with Crippen molar-refractivity contribution in [3.05, 3.63) is 0 Å². The fraction of sp³-hybridized carbons (Fsp3) is 0.900. The first-order valence-corrected chi connectivity index (χ1v) is 8.92. The highest BCUT2D eigenvalue weighted by Gasteiger charge is 2.24. The van der Waals surface area contributed by atoms with Gasteiger partial charge in [-0.2, -0.15) is 0 Å². The van der Waals surface area contributed by atoms with E-state index in [0.717, 1.165) is 26.1 Å². The molecule has 0 spiro atoms. The zero-order valence-corrected chi connectivity index (χ0v) is 17.0. The van der Waals surface area contributed by atoms with Gasteiger partial charge in [-0.05, 0) is 18.4 Å². The third-order valence-electron chi connectivity index (χ3n) is 4.16. The van der Waals surface area contributed by atoms with Gasteiger partial charge in [0.15, 0.2) is 0 Å². The zero-order chi connectivity index (χ0) is 18.5. The number of carbonyl (C=O) groups is 2. The van der Waals surface area contributed by atoms with Crippen molar-refractivity contribution in [3.8, 4) is 0 Å². The van der Waals surface area contributed by atoms with Crippen molar-refractivity contribution in [1.82, 2.24) is 4.90 Å². The second-order valence-electron chi connectivity index (χ2n) is 10.00. The van der Waals surface area contributed by atoms with Crippen molar-refractivity contribution in [2.45, 2.75) is 81.6 Å². The van der Waals surface area contributed by atoms with E-state index in [-0.39, 0.29) is 16.2 Å². The first kappa shape index (κ1) is 22.3. The molecule has 0 heterocycles. The van der Waals surface area contributed by atoms with Crippen LogP contribution in [0.15, 0.2) is 0 Å². The van der Waals surface area contributed by atoms with Gasteiger partial charge in [-0.1, -0.05) is 62.3 Å². The van der Waals surface area contributed by atoms with Gasteiger partial charge in [0.2, 0.25) is 0 Å². The van der Waals surface area contributed by atoms with Gasteiger partial charge in [0.25, 0.3) is 0 Å². The predicted octanol–water partition coefficient (Wildman–Crippen LogP) is 4.74. The highest BCUT2D eigenvalue weighted by atomic mass is 16.1. The molecule has 3 heteroatoms. The Morgan fingerprint density at radius 2 is 1.00 bits per heavy atom. The number of nitrogens with zero attached hydrogens (tertiary/aromatic N) is 1. The van der Waals surface area contributed by atoms with Crippen LogP contribution in [0.2, 0.25) is 0 Å². The number of hydrogen-bond acceptors (Lipinski definition) is 3. The molecule has 0 amide bonds. The Kier molecular flexibility index (Phi) is 8.16. The Morgan fingerprint density at radius 3 is 1.26 bits per heavy atom. The summed E-state index contributed by atoms with van der Waals surface area (Å²) in [5.74, 6) is 0.584. The molecule has 0 atom stereocenters. The van der Waals surface area contributed by atoms with Crippen LogP contribution >= 0.6 is 0 Å². The molecule has 0 unspecified atom stereocenters. The molecule has 0 bridgehead atoms. The van der Waals surface area contributed by atoms with Crippen LogP contribution in [-0.2, 0) is 9.59 Å². The summed E-state index contributed by atoms with van der Waals surface area (Å²) in [6.07, 6.45) is 2.20. The number of hydrogen-bond donors (Lipinski definition) is 0. The van der Waals surface area contributed by atoms with Crippen molar-refractivity contribution < 1.29 is 9.59 Å². The van der Waals surface area contributed by atoms with Crippen molar-refractivity contribution in [1.29, 1.82) is 0 Å². The van der Waals surface area contributed by atoms with Gasteiger partial charge < -0.3 is 4.90 Å². The van der Waals surface area contributed by atoms with Crippen LogP contribution in [0.25, 0.3) is 0 Å². The smallest absolute Gasteiger partial charge is 0.139 e. The van der Waals surface area contributed by atoms with Crippen molar-refractivity contribution in [2.24, 2.45) is 16.2 Å². The molecule has 0 radical (unpaired) electrons. The number of carbonyl (C=O) groups excluding carboxylic acids is 2. The van der Waals surface area contributed by atoms with E-state index in [1.807, 2.05) is 41.5 Å². The number of Topliss-reactive ketones (excluding diaryl/α,β-unsaturated/α-hetero) is 2. The summed E-state index contributed by atoms with van der Waals surface area (Å²) in [4.78, 5) is 26.6. The van der Waals surface area contributed by atoms with Gasteiger partial charge in [-0.25, -0.2) is 0 Å². The third-order valence-corrected chi connectivity index (χ3v) is 4.16. The summed E-state index contributed by atoms with van der Waals surface area (Å²) in [6.45, 7) is 21.0. The molecular weight excluding hydrogens is 286 g/mol. The monoisotopic (exact) mass is 325 g/mol. The van der Waals surface area contributed by atoms with E-state index in [4.69, 9.17) is 0 Å². The second-order valence-corrected chi connectivity index (χ2v) is 10.00. The van der Waals surface area contributed by atoms with E-state index < -0.39 is 0 Å². The summed E-state index contributed by atoms with van der Waals surface area (Å²) < 4.78 is 0. The molecule has 23 heavy (non-hydrogen) atoms. The molecule has 0 saturated heterocycles. The molecule has 0 aliphatic heterocycles. The maximum atomic E-state index is 12.2. The first-order valence-electron chi connectivity index (χ1n) is 8.92. The minimum atomic E-state index is -0.281. The van der Waals surface area contributed by atoms with Crippen molar-refractivity contribution in [2.75, 3.05) is 19.6 Å². The standard InChI is InChI=1S/C20H39NO2/c1-18(2,3)12-15-21(13-10-16(22)19(4,5)6)14-11-17(23)20(7,8)9/h10-15H2,1-9H3. The molecule has 0 aromatic carbocycles. The van der Waals surface area contributed by atoms with Gasteiger partial charge in [0, 0.05) is 36.8 Å². The van der Waals surface area contributed by atoms with Crippen LogP contribution < -0.4 is 0 Å². The van der Waals surface area contributed by atoms with Crippen molar-refractivity contribution >= 4 is 11.6 Å². The Morgan fingerprint density at radius 1 is 0.652 bits per heavy atom. The largest absolute Gasteiger partial charge is 0.302 e. The topological polar surface area (TPSA) is 37.4 Å². The Bertz CT molecular complexity index is 361. The maximum absolute atomic E-state index is 12.2. The lowest BCUT2D eigenvalue weighted by molar-refractivity contribution is -0.126. The fourth-order valence-corrected chi connectivity index (χ4v) is 2.10. The minimum absolute atomic E-state index is 0.264. The lowest BCUT2D eigenvalue weighted by Gasteiger charge is -2.28. The van der Waals surface area contributed by atoms with Crippen molar-refractivity contribution in [3.63, 3.8) is 0 Å². The van der Waals surface area contributed by atoms with Crippen LogP contribution in [0.3, 0.4) is 0 Å². The van der Waals surface area contributed by atoms with E-state index in [2.05, 4.69) is 25.7 Å². The highest BCUT2D eigenvalue weighted by molar-refractivity contribution is 5.84. The zero-order valence-electron chi connectivity index (χ0n) is 17.0. The van der Waals surface area contributed by atoms with Gasteiger partial charge in [0.05, 0.1) is 0 Å². The average molecular weight is 326 g/mol. The van der Waals surface area contributed by atoms with E-state index in [0.29, 0.717) is 24.4 Å². The van der Waals surface area contributed by atoms with Gasteiger partial charge in [0.1, 0.15) is 11.6 Å². The van der Waals surface area contributed by atoms with Gasteiger partial charge >= 0.3 is 0 Å². The number of rotatable bonds is 8. The summed E-state index contributed by atoms with van der Waals surface area (Å²) in [6, 6.07) is 0. The maximum Gasteiger partial charge on any atom is 0.139 e. The second kappa shape index (κ2) is 8.41. The molecule has 0 N–H and O–H groups in total. The third kappa shape index (κ3) is 10.6. The molecule has 3 nitrogen and oxygen atoms in total. The van der Waals surface area contributed by atoms with E-state index in [9.17, 15) is 9.59 Å². The lowest BCUT2D eigenvalue weighted by atomic mass is 9.88. The molecular formula is C20H39NO2. The molecule has 0 aromatic rings. The van der Waals surface area contributed by atoms with E-state index in [1.54, 1.807) is 0 Å². The van der Waals surface area contributed by atoms with Crippen LogP contribution in [0.1, 0.15) is 81.6 Å². The Labute approximate surface area is 144 Å². The Balaban J connectivity index is 4.63. The van der Waals surface area contributed by atoms with E-state index in [1.165, 1.54) is 0 Å². The minimum Gasteiger partial charge on any atom is -0.302 e. The van der Waals surface area contributed by atoms with Gasteiger partial charge in [-0.15, -0.1) is 0 Å². The summed E-state index contributed by atoms with van der Waals surface area (Å²) in [7, 11) is 0. The number of ketones is 2. The average Bonchev–Trinajstić information content (AvgIpc) is 2.33. The van der Waals surface area contributed by atoms with Crippen LogP contribution in [0.4, 0.5) is 0 Å². The molecule has 0 aliphatic carbocycles. The molecule has 136 valence electrons. The van der Waals surface area contributed by atoms with Crippen LogP contribution in [0, 0.1) is 16.2 Å². The summed E-state index contributed by atoms with van der Waals surface area (Å²) in [5.41, 5.74) is -0.297. The lowest BCUT2D eigenvalue weighted by Crippen LogP contribution is -2.35. The van der Waals surface area contributed by atoms with Gasteiger partial charge in [-0.3, -0.25) is 9.59 Å². The predicted molar refractivity (Wildman–Crippen MR) is 98.7 cm³/mol. The molecule has 0 aromatic heterocycles. The summed E-state index contributed by atoms with van der Waals surface area (Å²) in [5, 5.41) is 0. The molecule has 0 aliphatic rings. The van der Waals surface area contributed by atoms with Crippen LogP contribution in [0.5, 0.6) is 0 Å². The highest BCUT2D eigenvalue weighted by Crippen LogP contribution is 2.21. The quantitative estimate of drug-likeness (QED) is 0.647. The molecule has 0 saturated carbocycles. The van der Waals surface area contributed by atoms with E-state index >= 15 is 0 Å². The fourth-order valence-electron chi connectivity index (χ4n) is 2.10. The first-order chi connectivity index (χ1) is 10.1. The van der Waals surface area contributed by atoms with Crippen LogP contribution in [-0.4, -0.2) is 36.1 Å². The SMILES string of the molecule is CC(C)(C)CCN(CCC(=O)C(C)(C)C)CCC(=O)C(C)(C)C. The normalized spacial score (nSPS) is 13.5. The Hall–Kier alpha value is -0.700.